The van der Waals surface area contributed by atoms with Crippen molar-refractivity contribution in [2.24, 2.45) is 0 Å². The Morgan fingerprint density at radius 2 is 2.21 bits per heavy atom. The molecule has 2 aromatic rings. The Balaban J connectivity index is 2.14. The number of nitrogens with zero attached hydrogens (tertiary/aromatic N) is 1. The van der Waals surface area contributed by atoms with Gasteiger partial charge in [-0.25, -0.2) is 0 Å². The highest BCUT2D eigenvalue weighted by Crippen LogP contribution is 2.30. The van der Waals surface area contributed by atoms with Crippen LogP contribution in [0.4, 0.5) is 0 Å². The molecule has 2 N–H and O–H groups in total. The van der Waals surface area contributed by atoms with Crippen LogP contribution in [-0.2, 0) is 11.3 Å². The highest BCUT2D eigenvalue weighted by Gasteiger charge is 2.11. The van der Waals surface area contributed by atoms with Crippen LogP contribution in [0.3, 0.4) is 0 Å². The number of benzene rings is 1. The van der Waals surface area contributed by atoms with Crippen molar-refractivity contribution in [3.63, 3.8) is 0 Å². The van der Waals surface area contributed by atoms with Crippen LogP contribution < -0.4 is 5.32 Å². The third kappa shape index (κ3) is 3.70. The summed E-state index contributed by atoms with van der Waals surface area (Å²) in [6.45, 7) is 2.17. The lowest BCUT2D eigenvalue weighted by molar-refractivity contribution is 0.199. The summed E-state index contributed by atoms with van der Waals surface area (Å²) in [4.78, 5) is 0. The van der Waals surface area contributed by atoms with Crippen molar-refractivity contribution >= 4 is 23.2 Å². The number of halogens is 2. The molecule has 0 amide bonds. The van der Waals surface area contributed by atoms with Crippen LogP contribution in [0.15, 0.2) is 24.4 Å². The first-order valence-electron chi connectivity index (χ1n) is 5.89. The molecule has 1 heterocycles. The summed E-state index contributed by atoms with van der Waals surface area (Å²) >= 11 is 12.1. The molecule has 2 rings (SSSR count). The van der Waals surface area contributed by atoms with Gasteiger partial charge in [-0.1, -0.05) is 23.2 Å². The maximum absolute atomic E-state index is 6.20. The van der Waals surface area contributed by atoms with Gasteiger partial charge in [-0.2, -0.15) is 5.10 Å². The van der Waals surface area contributed by atoms with Gasteiger partial charge in [0, 0.05) is 36.3 Å². The summed E-state index contributed by atoms with van der Waals surface area (Å²) in [6.07, 6.45) is 1.79. The van der Waals surface area contributed by atoms with Gasteiger partial charge in [0.2, 0.25) is 0 Å². The number of ether oxygens (including phenoxy) is 1. The second kappa shape index (κ2) is 6.91. The van der Waals surface area contributed by atoms with Crippen molar-refractivity contribution in [1.29, 1.82) is 0 Å². The van der Waals surface area contributed by atoms with Gasteiger partial charge in [-0.15, -0.1) is 0 Å². The van der Waals surface area contributed by atoms with Crippen LogP contribution in [0, 0.1) is 0 Å². The molecule has 0 saturated carbocycles. The molecule has 0 bridgehead atoms. The van der Waals surface area contributed by atoms with Crippen molar-refractivity contribution in [3.05, 3.63) is 40.0 Å². The van der Waals surface area contributed by atoms with Crippen LogP contribution in [0.1, 0.15) is 5.56 Å². The largest absolute Gasteiger partial charge is 0.383 e. The van der Waals surface area contributed by atoms with E-state index in [9.17, 15) is 0 Å². The van der Waals surface area contributed by atoms with Crippen molar-refractivity contribution in [2.75, 3.05) is 20.3 Å². The number of rotatable bonds is 6. The van der Waals surface area contributed by atoms with E-state index >= 15 is 0 Å². The van der Waals surface area contributed by atoms with Gasteiger partial charge in [-0.3, -0.25) is 5.10 Å². The van der Waals surface area contributed by atoms with E-state index in [2.05, 4.69) is 15.5 Å². The van der Waals surface area contributed by atoms with E-state index in [0.717, 1.165) is 23.4 Å². The number of H-pyrrole nitrogens is 1. The maximum atomic E-state index is 6.20. The van der Waals surface area contributed by atoms with Crippen LogP contribution in [0.25, 0.3) is 11.3 Å². The average Bonchev–Trinajstić information content (AvgIpc) is 2.83. The fourth-order valence-corrected chi connectivity index (χ4v) is 2.27. The monoisotopic (exact) mass is 299 g/mol. The lowest BCUT2D eigenvalue weighted by Crippen LogP contribution is -2.18. The smallest absolute Gasteiger partial charge is 0.0710 e. The fourth-order valence-electron chi connectivity index (χ4n) is 1.77. The molecule has 0 aliphatic carbocycles. The second-order valence-electron chi connectivity index (χ2n) is 4.06. The molecule has 0 radical (unpaired) electrons. The molecule has 6 heteroatoms. The molecule has 0 saturated heterocycles. The number of hydrogen-bond donors (Lipinski definition) is 2. The minimum Gasteiger partial charge on any atom is -0.383 e. The molecular weight excluding hydrogens is 285 g/mol. The Morgan fingerprint density at radius 1 is 1.37 bits per heavy atom. The zero-order valence-electron chi connectivity index (χ0n) is 10.5. The molecule has 0 fully saturated rings. The molecule has 0 aliphatic heterocycles. The minimum atomic E-state index is 0.606. The van der Waals surface area contributed by atoms with E-state index in [0.29, 0.717) is 23.2 Å². The quantitative estimate of drug-likeness (QED) is 0.806. The van der Waals surface area contributed by atoms with Crippen molar-refractivity contribution < 1.29 is 4.74 Å². The van der Waals surface area contributed by atoms with Crippen LogP contribution in [0.2, 0.25) is 10.0 Å². The number of aromatic amines is 1. The SMILES string of the molecule is COCCNCc1cn[nH]c1-c1ccc(Cl)cc1Cl. The van der Waals surface area contributed by atoms with E-state index in [4.69, 9.17) is 27.9 Å². The highest BCUT2D eigenvalue weighted by molar-refractivity contribution is 6.36. The Hall–Kier alpha value is -1.07. The molecule has 0 atom stereocenters. The summed E-state index contributed by atoms with van der Waals surface area (Å²) in [5, 5.41) is 11.5. The Morgan fingerprint density at radius 3 is 2.95 bits per heavy atom. The lowest BCUT2D eigenvalue weighted by Gasteiger charge is -2.07. The zero-order valence-corrected chi connectivity index (χ0v) is 12.1. The Kier molecular flexibility index (Phi) is 5.22. The third-order valence-electron chi connectivity index (χ3n) is 2.72. The van der Waals surface area contributed by atoms with Gasteiger partial charge < -0.3 is 10.1 Å². The average molecular weight is 300 g/mol. The first kappa shape index (κ1) is 14.3. The van der Waals surface area contributed by atoms with Crippen LogP contribution in [-0.4, -0.2) is 30.5 Å². The molecule has 102 valence electrons. The topological polar surface area (TPSA) is 49.9 Å². The van der Waals surface area contributed by atoms with Gasteiger partial charge in [0.05, 0.1) is 23.5 Å². The summed E-state index contributed by atoms with van der Waals surface area (Å²) < 4.78 is 4.99. The van der Waals surface area contributed by atoms with Crippen molar-refractivity contribution in [3.8, 4) is 11.3 Å². The molecular formula is C13H15Cl2N3O. The van der Waals surface area contributed by atoms with Crippen molar-refractivity contribution in [1.82, 2.24) is 15.5 Å². The summed E-state index contributed by atoms with van der Waals surface area (Å²) in [5.74, 6) is 0. The van der Waals surface area contributed by atoms with Gasteiger partial charge in [0.1, 0.15) is 0 Å². The van der Waals surface area contributed by atoms with E-state index in [1.165, 1.54) is 0 Å². The molecule has 0 spiro atoms. The van der Waals surface area contributed by atoms with E-state index < -0.39 is 0 Å². The number of methoxy groups -OCH3 is 1. The molecule has 0 aliphatic rings. The number of nitrogens with one attached hydrogen (secondary N) is 2. The Labute approximate surface area is 122 Å². The maximum Gasteiger partial charge on any atom is 0.0710 e. The van der Waals surface area contributed by atoms with Gasteiger partial charge in [-0.05, 0) is 18.2 Å². The molecule has 1 aromatic heterocycles. The van der Waals surface area contributed by atoms with Crippen molar-refractivity contribution in [2.45, 2.75) is 6.54 Å². The van der Waals surface area contributed by atoms with E-state index in [1.807, 2.05) is 12.1 Å². The van der Waals surface area contributed by atoms with E-state index in [1.54, 1.807) is 19.4 Å². The number of hydrogen-bond acceptors (Lipinski definition) is 3. The van der Waals surface area contributed by atoms with Gasteiger partial charge >= 0.3 is 0 Å². The Bertz CT molecular complexity index is 542. The van der Waals surface area contributed by atoms with Crippen LogP contribution >= 0.6 is 23.2 Å². The first-order chi connectivity index (χ1) is 9.22. The summed E-state index contributed by atoms with van der Waals surface area (Å²) in [6, 6.07) is 5.42. The zero-order chi connectivity index (χ0) is 13.7. The molecule has 19 heavy (non-hydrogen) atoms. The van der Waals surface area contributed by atoms with E-state index in [-0.39, 0.29) is 0 Å². The fraction of sp³-hybridized carbons (Fsp3) is 0.308. The van der Waals surface area contributed by atoms with Gasteiger partial charge in [0.25, 0.3) is 0 Å². The predicted octanol–water partition coefficient (Wildman–Crippen LogP) is 3.12. The normalized spacial score (nSPS) is 10.9. The first-order valence-corrected chi connectivity index (χ1v) is 6.65. The molecule has 1 aromatic carbocycles. The van der Waals surface area contributed by atoms with Gasteiger partial charge in [0.15, 0.2) is 0 Å². The van der Waals surface area contributed by atoms with Crippen LogP contribution in [0.5, 0.6) is 0 Å². The minimum absolute atomic E-state index is 0.606. The second-order valence-corrected chi connectivity index (χ2v) is 4.91. The predicted molar refractivity (Wildman–Crippen MR) is 77.6 cm³/mol. The number of aromatic nitrogens is 2. The summed E-state index contributed by atoms with van der Waals surface area (Å²) in [5.41, 5.74) is 2.86. The standard InChI is InChI=1S/C13H15Cl2N3O/c1-19-5-4-16-7-9-8-17-18-13(9)11-3-2-10(14)6-12(11)15/h2-3,6,8,16H,4-5,7H2,1H3,(H,17,18). The highest BCUT2D eigenvalue weighted by atomic mass is 35.5. The third-order valence-corrected chi connectivity index (χ3v) is 3.26. The molecule has 0 unspecified atom stereocenters. The molecule has 4 nitrogen and oxygen atoms in total. The lowest BCUT2D eigenvalue weighted by atomic mass is 10.1. The summed E-state index contributed by atoms with van der Waals surface area (Å²) in [7, 11) is 1.68.